The zero-order valence-electron chi connectivity index (χ0n) is 11.0. The van der Waals surface area contributed by atoms with E-state index in [0.717, 1.165) is 11.9 Å². The number of rotatable bonds is 4. The van der Waals surface area contributed by atoms with Gasteiger partial charge >= 0.3 is 0 Å². The summed E-state index contributed by atoms with van der Waals surface area (Å²) in [4.78, 5) is 13.2. The van der Waals surface area contributed by atoms with Crippen molar-refractivity contribution in [3.05, 3.63) is 18.0 Å². The van der Waals surface area contributed by atoms with Gasteiger partial charge in [-0.2, -0.15) is 5.10 Å². The third-order valence-electron chi connectivity index (χ3n) is 3.17. The first kappa shape index (κ1) is 14.0. The molecule has 0 aromatic carbocycles. The zero-order chi connectivity index (χ0) is 14.0. The Kier molecular flexibility index (Phi) is 3.91. The molecule has 0 saturated heterocycles. The molecule has 8 heteroatoms. The second-order valence-electron chi connectivity index (χ2n) is 4.78. The van der Waals surface area contributed by atoms with Crippen LogP contribution in [-0.2, 0) is 21.4 Å². The molecule has 1 aromatic heterocycles. The van der Waals surface area contributed by atoms with Crippen LogP contribution >= 0.6 is 0 Å². The highest BCUT2D eigenvalue weighted by Crippen LogP contribution is 2.22. The fraction of sp³-hybridized carbons (Fsp3) is 0.636. The molecule has 0 bridgehead atoms. The number of nitrogens with zero attached hydrogens (tertiary/aromatic N) is 3. The molecule has 0 saturated carbocycles. The summed E-state index contributed by atoms with van der Waals surface area (Å²) >= 11 is 0. The van der Waals surface area contributed by atoms with Crippen LogP contribution in [0.3, 0.4) is 0 Å². The quantitative estimate of drug-likeness (QED) is 0.825. The summed E-state index contributed by atoms with van der Waals surface area (Å²) in [5.41, 5.74) is 0.978. The average Bonchev–Trinajstić information content (AvgIpc) is 2.74. The van der Waals surface area contributed by atoms with Crippen LogP contribution in [-0.4, -0.2) is 48.4 Å². The number of hydrogen-bond acceptors (Lipinski definition) is 4. The molecule has 1 aliphatic heterocycles. The van der Waals surface area contributed by atoms with E-state index >= 15 is 0 Å². The Morgan fingerprint density at radius 1 is 1.58 bits per heavy atom. The summed E-state index contributed by atoms with van der Waals surface area (Å²) in [6.07, 6.45) is 3.44. The van der Waals surface area contributed by atoms with Crippen LogP contribution in [0.5, 0.6) is 0 Å². The molecular formula is C11H18N4O3S. The van der Waals surface area contributed by atoms with E-state index in [1.54, 1.807) is 11.1 Å². The highest BCUT2D eigenvalue weighted by Gasteiger charge is 2.26. The maximum atomic E-state index is 11.5. The lowest BCUT2D eigenvalue weighted by atomic mass is 10.1. The van der Waals surface area contributed by atoms with Gasteiger partial charge in [-0.3, -0.25) is 9.48 Å². The molecule has 106 valence electrons. The van der Waals surface area contributed by atoms with Crippen LogP contribution in [0.4, 0.5) is 0 Å². The van der Waals surface area contributed by atoms with Crippen LogP contribution in [0.25, 0.3) is 0 Å². The van der Waals surface area contributed by atoms with E-state index in [2.05, 4.69) is 9.82 Å². The van der Waals surface area contributed by atoms with Crippen molar-refractivity contribution in [2.75, 3.05) is 19.3 Å². The van der Waals surface area contributed by atoms with Gasteiger partial charge in [0.15, 0.2) is 0 Å². The summed E-state index contributed by atoms with van der Waals surface area (Å²) in [5, 5.41) is 4.25. The van der Waals surface area contributed by atoms with Gasteiger partial charge in [-0.25, -0.2) is 13.1 Å². The fourth-order valence-electron chi connectivity index (χ4n) is 2.25. The van der Waals surface area contributed by atoms with Crippen molar-refractivity contribution in [3.63, 3.8) is 0 Å². The summed E-state index contributed by atoms with van der Waals surface area (Å²) in [6.45, 7) is 3.01. The molecule has 7 nitrogen and oxygen atoms in total. The molecule has 1 atom stereocenters. The number of aromatic nitrogens is 2. The molecular weight excluding hydrogens is 268 g/mol. The van der Waals surface area contributed by atoms with Gasteiger partial charge < -0.3 is 4.90 Å². The number of sulfonamides is 1. The molecule has 2 rings (SSSR count). The number of carbonyl (C=O) groups excluding carboxylic acids is 1. The maximum Gasteiger partial charge on any atom is 0.219 e. The average molecular weight is 286 g/mol. The first-order valence-corrected chi connectivity index (χ1v) is 7.98. The van der Waals surface area contributed by atoms with Crippen molar-refractivity contribution in [1.29, 1.82) is 0 Å². The molecule has 0 unspecified atom stereocenters. The van der Waals surface area contributed by atoms with Crippen LogP contribution < -0.4 is 4.72 Å². The lowest BCUT2D eigenvalue weighted by molar-refractivity contribution is -0.130. The second-order valence-corrected chi connectivity index (χ2v) is 6.61. The van der Waals surface area contributed by atoms with E-state index in [0.29, 0.717) is 26.1 Å². The third-order valence-corrected chi connectivity index (χ3v) is 3.90. The lowest BCUT2D eigenvalue weighted by Crippen LogP contribution is -2.41. The van der Waals surface area contributed by atoms with E-state index in [1.807, 2.05) is 10.7 Å². The molecule has 19 heavy (non-hydrogen) atoms. The Balaban J connectivity index is 2.05. The molecule has 1 aliphatic rings. The number of amides is 1. The molecule has 1 amide bonds. The summed E-state index contributed by atoms with van der Waals surface area (Å²) in [6, 6.07) is 1.89. The number of carbonyl (C=O) groups is 1. The van der Waals surface area contributed by atoms with Gasteiger partial charge in [0.1, 0.15) is 0 Å². The van der Waals surface area contributed by atoms with E-state index in [4.69, 9.17) is 0 Å². The minimum atomic E-state index is -3.18. The Labute approximate surface area is 112 Å². The van der Waals surface area contributed by atoms with Crippen LogP contribution in [0.1, 0.15) is 25.1 Å². The normalized spacial score (nSPS) is 19.3. The Hall–Kier alpha value is -1.41. The minimum Gasteiger partial charge on any atom is -0.335 e. The second kappa shape index (κ2) is 5.30. The fourth-order valence-corrected chi connectivity index (χ4v) is 2.74. The van der Waals surface area contributed by atoms with Crippen LogP contribution in [0.2, 0.25) is 0 Å². The van der Waals surface area contributed by atoms with Gasteiger partial charge in [0.2, 0.25) is 15.9 Å². The zero-order valence-corrected chi connectivity index (χ0v) is 11.9. The summed E-state index contributed by atoms with van der Waals surface area (Å²) in [5.74, 6) is 0.0218. The maximum absolute atomic E-state index is 11.5. The first-order chi connectivity index (χ1) is 8.87. The third kappa shape index (κ3) is 3.54. The van der Waals surface area contributed by atoms with Gasteiger partial charge in [-0.1, -0.05) is 0 Å². The van der Waals surface area contributed by atoms with Gasteiger partial charge in [0, 0.05) is 26.2 Å². The van der Waals surface area contributed by atoms with Crippen molar-refractivity contribution < 1.29 is 13.2 Å². The first-order valence-electron chi connectivity index (χ1n) is 6.09. The molecule has 2 heterocycles. The largest absolute Gasteiger partial charge is 0.335 e. The minimum absolute atomic E-state index is 0.0110. The SMILES string of the molecule is CC(=O)N1Cc2ccnn2[C@H](CCNS(C)(=O)=O)C1. The van der Waals surface area contributed by atoms with E-state index in [-0.39, 0.29) is 11.9 Å². The number of hydrogen-bond donors (Lipinski definition) is 1. The van der Waals surface area contributed by atoms with E-state index in [1.165, 1.54) is 6.92 Å². The summed E-state index contributed by atoms with van der Waals surface area (Å²) < 4.78 is 26.4. The molecule has 0 fully saturated rings. The van der Waals surface area contributed by atoms with Crippen LogP contribution in [0.15, 0.2) is 12.3 Å². The highest BCUT2D eigenvalue weighted by molar-refractivity contribution is 7.88. The smallest absolute Gasteiger partial charge is 0.219 e. The molecule has 0 aliphatic carbocycles. The van der Waals surface area contributed by atoms with Crippen molar-refractivity contribution in [2.45, 2.75) is 25.9 Å². The van der Waals surface area contributed by atoms with Crippen molar-refractivity contribution in [1.82, 2.24) is 19.4 Å². The number of fused-ring (bicyclic) bond motifs is 1. The molecule has 1 N–H and O–H groups in total. The Morgan fingerprint density at radius 3 is 2.95 bits per heavy atom. The van der Waals surface area contributed by atoms with Gasteiger partial charge in [0.25, 0.3) is 0 Å². The topological polar surface area (TPSA) is 84.3 Å². The predicted octanol–water partition coefficient (Wildman–Crippen LogP) is -0.274. The Bertz CT molecular complexity index is 566. The summed E-state index contributed by atoms with van der Waals surface area (Å²) in [7, 11) is -3.18. The Morgan fingerprint density at radius 2 is 2.32 bits per heavy atom. The highest BCUT2D eigenvalue weighted by atomic mass is 32.2. The van der Waals surface area contributed by atoms with Crippen molar-refractivity contribution in [3.8, 4) is 0 Å². The van der Waals surface area contributed by atoms with E-state index < -0.39 is 10.0 Å². The van der Waals surface area contributed by atoms with Crippen LogP contribution in [0, 0.1) is 0 Å². The molecule has 0 radical (unpaired) electrons. The molecule has 0 spiro atoms. The molecule has 1 aromatic rings. The predicted molar refractivity (Wildman–Crippen MR) is 69.8 cm³/mol. The number of nitrogens with one attached hydrogen (secondary N) is 1. The van der Waals surface area contributed by atoms with E-state index in [9.17, 15) is 13.2 Å². The standard InChI is InChI=1S/C11H18N4O3S/c1-9(16)14-7-10-3-5-12-15(10)11(8-14)4-6-13-19(2,17)18/h3,5,11,13H,4,6-8H2,1-2H3/t11-/m1/s1. The van der Waals surface area contributed by atoms with Crippen molar-refractivity contribution in [2.24, 2.45) is 0 Å². The van der Waals surface area contributed by atoms with Gasteiger partial charge in [-0.15, -0.1) is 0 Å². The van der Waals surface area contributed by atoms with Gasteiger partial charge in [-0.05, 0) is 12.5 Å². The lowest BCUT2D eigenvalue weighted by Gasteiger charge is -2.33. The monoisotopic (exact) mass is 286 g/mol. The van der Waals surface area contributed by atoms with Gasteiger partial charge in [0.05, 0.1) is 24.5 Å². The van der Waals surface area contributed by atoms with Crippen molar-refractivity contribution >= 4 is 15.9 Å².